The third-order valence-electron chi connectivity index (χ3n) is 8.78. The van der Waals surface area contributed by atoms with Crippen molar-refractivity contribution >= 4 is 39.1 Å². The number of hydrogen-bond donors (Lipinski definition) is 0. The molecule has 5 aromatic carbocycles. The van der Waals surface area contributed by atoms with Gasteiger partial charge in [-0.15, -0.1) is 0 Å². The lowest BCUT2D eigenvalue weighted by Crippen LogP contribution is -2.09. The molecule has 0 saturated carbocycles. The molecule has 3 heterocycles. The Morgan fingerprint density at radius 3 is 1.23 bits per heavy atom. The fraction of sp³-hybridized carbons (Fsp3) is 0.0976. The molecule has 0 radical (unpaired) electrons. The summed E-state index contributed by atoms with van der Waals surface area (Å²) < 4.78 is 3.91. The number of rotatable bonds is 6. The minimum Gasteiger partial charge on any atom is -0.311 e. The van der Waals surface area contributed by atoms with Crippen LogP contribution in [0.3, 0.4) is 0 Å². The van der Waals surface area contributed by atoms with E-state index in [1.165, 1.54) is 11.1 Å². The highest BCUT2D eigenvalue weighted by Gasteiger charge is 2.24. The van der Waals surface area contributed by atoms with Crippen molar-refractivity contribution in [1.82, 2.24) is 24.5 Å². The first-order valence-electron chi connectivity index (χ1n) is 15.9. The Hall–Kier alpha value is -6.01. The van der Waals surface area contributed by atoms with Crippen molar-refractivity contribution in [2.24, 2.45) is 0 Å². The molecule has 6 heteroatoms. The van der Waals surface area contributed by atoms with Gasteiger partial charge in [0.1, 0.15) is 0 Å². The summed E-state index contributed by atoms with van der Waals surface area (Å²) in [5.74, 6) is 0. The molecule has 8 rings (SSSR count). The zero-order valence-corrected chi connectivity index (χ0v) is 26.9. The van der Waals surface area contributed by atoms with Crippen LogP contribution in [0.2, 0.25) is 0 Å². The quantitative estimate of drug-likeness (QED) is 0.188. The van der Waals surface area contributed by atoms with E-state index in [4.69, 9.17) is 15.2 Å². The van der Waals surface area contributed by atoms with Crippen LogP contribution in [0.5, 0.6) is 0 Å². The van der Waals surface area contributed by atoms with Crippen LogP contribution in [0.4, 0.5) is 17.1 Å². The lowest BCUT2D eigenvalue weighted by molar-refractivity contribution is 0.863. The average Bonchev–Trinajstić information content (AvgIpc) is 3.62. The van der Waals surface area contributed by atoms with Crippen LogP contribution in [-0.2, 0) is 0 Å². The van der Waals surface area contributed by atoms with Gasteiger partial charge < -0.3 is 4.90 Å². The number of anilines is 3. The van der Waals surface area contributed by atoms with E-state index in [2.05, 4.69) is 130 Å². The molecule has 6 nitrogen and oxygen atoms in total. The maximum atomic E-state index is 5.29. The number of pyridine rings is 1. The third kappa shape index (κ3) is 4.95. The lowest BCUT2D eigenvalue weighted by Gasteiger charge is -2.26. The molecule has 0 saturated heterocycles. The first kappa shape index (κ1) is 28.5. The normalized spacial score (nSPS) is 11.4. The highest BCUT2D eigenvalue weighted by molar-refractivity contribution is 6.10. The van der Waals surface area contributed by atoms with Crippen molar-refractivity contribution in [3.63, 3.8) is 0 Å². The van der Waals surface area contributed by atoms with E-state index in [9.17, 15) is 0 Å². The number of para-hydroxylation sites is 2. The first-order valence-corrected chi connectivity index (χ1v) is 15.9. The van der Waals surface area contributed by atoms with E-state index >= 15 is 0 Å². The van der Waals surface area contributed by atoms with Crippen LogP contribution < -0.4 is 4.90 Å². The second kappa shape index (κ2) is 11.4. The van der Waals surface area contributed by atoms with Gasteiger partial charge in [-0.1, -0.05) is 83.9 Å². The zero-order chi connectivity index (χ0) is 32.1. The molecular weight excluding hydrogens is 576 g/mol. The van der Waals surface area contributed by atoms with Gasteiger partial charge in [-0.2, -0.15) is 10.2 Å². The van der Waals surface area contributed by atoms with E-state index in [0.29, 0.717) is 0 Å². The molecule has 0 N–H and O–H groups in total. The molecule has 0 spiro atoms. The summed E-state index contributed by atoms with van der Waals surface area (Å²) in [5, 5.41) is 12.1. The topological polar surface area (TPSA) is 51.8 Å². The Morgan fingerprint density at radius 2 is 0.830 bits per heavy atom. The third-order valence-corrected chi connectivity index (χ3v) is 8.78. The summed E-state index contributed by atoms with van der Waals surface area (Å²) >= 11 is 0. The molecule has 8 aromatic rings. The summed E-state index contributed by atoms with van der Waals surface area (Å²) in [6, 6.07) is 46.7. The molecule has 228 valence electrons. The fourth-order valence-corrected chi connectivity index (χ4v) is 6.45. The van der Waals surface area contributed by atoms with Gasteiger partial charge in [0.2, 0.25) is 0 Å². The number of aromatic nitrogens is 5. The Balaban J connectivity index is 1.36. The molecule has 0 unspecified atom stereocenters. The monoisotopic (exact) mass is 610 g/mol. The van der Waals surface area contributed by atoms with Crippen molar-refractivity contribution in [3.05, 3.63) is 156 Å². The predicted molar refractivity (Wildman–Crippen MR) is 193 cm³/mol. The van der Waals surface area contributed by atoms with Crippen molar-refractivity contribution in [3.8, 4) is 22.5 Å². The number of nitrogens with zero attached hydrogens (tertiary/aromatic N) is 6. The molecule has 0 atom stereocenters. The van der Waals surface area contributed by atoms with Gasteiger partial charge in [0, 0.05) is 22.6 Å². The maximum absolute atomic E-state index is 5.29. The molecule has 0 bridgehead atoms. The molecule has 0 fully saturated rings. The van der Waals surface area contributed by atoms with E-state index in [-0.39, 0.29) is 0 Å². The smallest absolute Gasteiger partial charge is 0.166 e. The van der Waals surface area contributed by atoms with Crippen LogP contribution in [0.1, 0.15) is 22.5 Å². The molecule has 0 aliphatic heterocycles. The van der Waals surface area contributed by atoms with Crippen molar-refractivity contribution < 1.29 is 0 Å². The summed E-state index contributed by atoms with van der Waals surface area (Å²) in [5.41, 5.74) is 13.3. The second-order valence-corrected chi connectivity index (χ2v) is 12.1. The minimum absolute atomic E-state index is 0.804. The van der Waals surface area contributed by atoms with Gasteiger partial charge in [-0.3, -0.25) is 0 Å². The summed E-state index contributed by atoms with van der Waals surface area (Å²) in [7, 11) is 0. The van der Waals surface area contributed by atoms with Gasteiger partial charge in [-0.05, 0) is 93.9 Å². The summed E-state index contributed by atoms with van der Waals surface area (Å²) in [4.78, 5) is 7.59. The fourth-order valence-electron chi connectivity index (χ4n) is 6.45. The molecular formula is C41H34N6. The van der Waals surface area contributed by atoms with Gasteiger partial charge in [0.05, 0.1) is 33.5 Å². The van der Waals surface area contributed by atoms with Crippen LogP contribution in [0.15, 0.2) is 133 Å². The second-order valence-electron chi connectivity index (χ2n) is 12.1. The zero-order valence-electron chi connectivity index (χ0n) is 26.9. The van der Waals surface area contributed by atoms with E-state index < -0.39 is 0 Å². The van der Waals surface area contributed by atoms with Gasteiger partial charge in [-0.25, -0.2) is 14.3 Å². The molecule has 47 heavy (non-hydrogen) atoms. The number of aryl methyl sites for hydroxylation is 4. The Bertz CT molecular complexity index is 2210. The van der Waals surface area contributed by atoms with Crippen LogP contribution in [0.25, 0.3) is 44.6 Å². The Kier molecular flexibility index (Phi) is 6.91. The predicted octanol–water partition coefficient (Wildman–Crippen LogP) is 10.1. The molecule has 3 aromatic heterocycles. The van der Waals surface area contributed by atoms with E-state index in [0.717, 1.165) is 73.0 Å². The van der Waals surface area contributed by atoms with Crippen molar-refractivity contribution in [1.29, 1.82) is 0 Å². The minimum atomic E-state index is 0.804. The molecule has 0 aliphatic carbocycles. The summed E-state index contributed by atoms with van der Waals surface area (Å²) in [6.07, 6.45) is 0. The number of benzene rings is 5. The molecule has 0 amide bonds. The highest BCUT2D eigenvalue weighted by atomic mass is 15.3. The maximum Gasteiger partial charge on any atom is 0.166 e. The van der Waals surface area contributed by atoms with E-state index in [1.807, 2.05) is 45.8 Å². The van der Waals surface area contributed by atoms with Gasteiger partial charge >= 0.3 is 0 Å². The SMILES string of the molecule is Cc1ccc(N(c2ccc(C)cc2)c2ccc(-c3c4c(C)nn(-c5ccccc5)c4nc4c3c(C)nn4-c3ccccc3)cc2)cc1. The Labute approximate surface area is 274 Å². The van der Waals surface area contributed by atoms with Crippen LogP contribution >= 0.6 is 0 Å². The molecule has 0 aliphatic rings. The number of fused-ring (bicyclic) bond motifs is 2. The van der Waals surface area contributed by atoms with Crippen LogP contribution in [0, 0.1) is 27.7 Å². The van der Waals surface area contributed by atoms with Gasteiger partial charge in [0.15, 0.2) is 11.3 Å². The van der Waals surface area contributed by atoms with Crippen molar-refractivity contribution in [2.75, 3.05) is 4.90 Å². The average molecular weight is 611 g/mol. The summed E-state index contributed by atoms with van der Waals surface area (Å²) in [6.45, 7) is 8.38. The Morgan fingerprint density at radius 1 is 0.447 bits per heavy atom. The lowest BCUT2D eigenvalue weighted by atomic mass is 9.97. The van der Waals surface area contributed by atoms with Crippen molar-refractivity contribution in [2.45, 2.75) is 27.7 Å². The van der Waals surface area contributed by atoms with Gasteiger partial charge in [0.25, 0.3) is 0 Å². The first-order chi connectivity index (χ1) is 23.0. The standard InChI is InChI=1S/C41H34N6/c1-27-15-21-32(22-16-27)45(33-23-17-28(2)18-24-33)34-25-19-31(20-26-34)39-37-29(3)43-46(35-11-7-5-8-12-35)40(37)42-41-38(39)30(4)44-47(41)36-13-9-6-10-14-36/h5-26H,1-4H3. The van der Waals surface area contributed by atoms with E-state index in [1.54, 1.807) is 0 Å². The van der Waals surface area contributed by atoms with Crippen LogP contribution in [-0.4, -0.2) is 24.5 Å². The largest absolute Gasteiger partial charge is 0.311 e. The number of hydrogen-bond acceptors (Lipinski definition) is 4. The highest BCUT2D eigenvalue weighted by Crippen LogP contribution is 2.41.